The fourth-order valence-corrected chi connectivity index (χ4v) is 3.99. The highest BCUT2D eigenvalue weighted by atomic mass is 16.5. The minimum atomic E-state index is -0.311. The molecule has 120 valence electrons. The summed E-state index contributed by atoms with van der Waals surface area (Å²) in [6, 6.07) is 0. The Morgan fingerprint density at radius 1 is 1.43 bits per heavy atom. The van der Waals surface area contributed by atoms with Crippen LogP contribution in [0.25, 0.3) is 0 Å². The molecule has 1 saturated heterocycles. The van der Waals surface area contributed by atoms with Gasteiger partial charge in [0, 0.05) is 5.41 Å². The van der Waals surface area contributed by atoms with Crippen molar-refractivity contribution in [3.63, 3.8) is 0 Å². The maximum absolute atomic E-state index is 11.1. The van der Waals surface area contributed by atoms with Crippen molar-refractivity contribution in [2.45, 2.75) is 59.3 Å². The van der Waals surface area contributed by atoms with Gasteiger partial charge in [-0.3, -0.25) is 9.59 Å². The first-order valence-corrected chi connectivity index (χ1v) is 8.07. The summed E-state index contributed by atoms with van der Waals surface area (Å²) in [5.41, 5.74) is -0.00521. The lowest BCUT2D eigenvalue weighted by molar-refractivity contribution is -0.150. The molecule has 3 aliphatic rings. The van der Waals surface area contributed by atoms with Crippen molar-refractivity contribution < 1.29 is 19.1 Å². The topological polar surface area (TPSA) is 52.6 Å². The molecule has 3 fully saturated rings. The third-order valence-corrected chi connectivity index (χ3v) is 5.74. The Hall–Kier alpha value is -1.06. The van der Waals surface area contributed by atoms with Gasteiger partial charge in [-0.2, -0.15) is 0 Å². The SMILES string of the molecule is CCC(C)(C)C(=O)OC.O=C1CC2(CO1)CC1CCC2C1. The van der Waals surface area contributed by atoms with Crippen LogP contribution < -0.4 is 0 Å². The zero-order chi connectivity index (χ0) is 15.7. The minimum Gasteiger partial charge on any atom is -0.469 e. The molecule has 0 amide bonds. The largest absolute Gasteiger partial charge is 0.469 e. The van der Waals surface area contributed by atoms with Crippen molar-refractivity contribution >= 4 is 11.9 Å². The summed E-state index contributed by atoms with van der Waals surface area (Å²) in [6.45, 7) is 6.45. The van der Waals surface area contributed by atoms with Gasteiger partial charge in [-0.1, -0.05) is 13.3 Å². The number of hydrogen-bond donors (Lipinski definition) is 0. The predicted molar refractivity (Wildman–Crippen MR) is 79.5 cm³/mol. The quantitative estimate of drug-likeness (QED) is 0.733. The summed E-state index contributed by atoms with van der Waals surface area (Å²) in [5, 5.41) is 0. The van der Waals surface area contributed by atoms with Crippen molar-refractivity contribution in [2.24, 2.45) is 22.7 Å². The van der Waals surface area contributed by atoms with Crippen LogP contribution in [0.4, 0.5) is 0 Å². The monoisotopic (exact) mass is 296 g/mol. The molecule has 2 saturated carbocycles. The number of methoxy groups -OCH3 is 1. The highest BCUT2D eigenvalue weighted by Crippen LogP contribution is 2.59. The summed E-state index contributed by atoms with van der Waals surface area (Å²) in [6.07, 6.45) is 6.93. The van der Waals surface area contributed by atoms with Gasteiger partial charge in [-0.05, 0) is 51.4 Å². The highest BCUT2D eigenvalue weighted by molar-refractivity contribution is 5.75. The molecule has 0 aromatic heterocycles. The van der Waals surface area contributed by atoms with Crippen molar-refractivity contribution in [1.82, 2.24) is 0 Å². The van der Waals surface area contributed by atoms with Crippen molar-refractivity contribution in [2.75, 3.05) is 13.7 Å². The van der Waals surface area contributed by atoms with E-state index >= 15 is 0 Å². The molecule has 1 spiro atoms. The van der Waals surface area contributed by atoms with E-state index in [1.165, 1.54) is 32.8 Å². The Kier molecular flexibility index (Phi) is 4.64. The second-order valence-corrected chi connectivity index (χ2v) is 7.51. The average Bonchev–Trinajstić information content (AvgIpc) is 3.15. The zero-order valence-corrected chi connectivity index (χ0v) is 13.7. The van der Waals surface area contributed by atoms with Crippen LogP contribution in [0.1, 0.15) is 59.3 Å². The van der Waals surface area contributed by atoms with Gasteiger partial charge in [-0.25, -0.2) is 0 Å². The molecule has 2 aliphatic carbocycles. The molecule has 1 heterocycles. The van der Waals surface area contributed by atoms with Crippen LogP contribution in [0.2, 0.25) is 0 Å². The summed E-state index contributed by atoms with van der Waals surface area (Å²) in [4.78, 5) is 21.9. The Morgan fingerprint density at radius 3 is 2.48 bits per heavy atom. The van der Waals surface area contributed by atoms with E-state index in [4.69, 9.17) is 4.74 Å². The first-order chi connectivity index (χ1) is 9.83. The fourth-order valence-electron chi connectivity index (χ4n) is 3.99. The molecule has 0 aromatic rings. The Morgan fingerprint density at radius 2 is 2.14 bits per heavy atom. The zero-order valence-electron chi connectivity index (χ0n) is 13.7. The molecule has 3 rings (SSSR count). The average molecular weight is 296 g/mol. The van der Waals surface area contributed by atoms with Crippen LogP contribution in [-0.2, 0) is 19.1 Å². The van der Waals surface area contributed by atoms with Gasteiger partial charge in [0.2, 0.25) is 0 Å². The third-order valence-electron chi connectivity index (χ3n) is 5.74. The van der Waals surface area contributed by atoms with Crippen LogP contribution in [-0.4, -0.2) is 25.7 Å². The summed E-state index contributed by atoms with van der Waals surface area (Å²) in [5.74, 6) is 1.64. The minimum absolute atomic E-state index is 0.0440. The molecule has 3 atom stereocenters. The van der Waals surface area contributed by atoms with Gasteiger partial charge in [0.15, 0.2) is 0 Å². The number of fused-ring (bicyclic) bond motifs is 3. The number of esters is 2. The first-order valence-electron chi connectivity index (χ1n) is 8.07. The number of hydrogen-bond acceptors (Lipinski definition) is 4. The van der Waals surface area contributed by atoms with E-state index in [0.717, 1.165) is 24.9 Å². The van der Waals surface area contributed by atoms with E-state index in [1.807, 2.05) is 20.8 Å². The third kappa shape index (κ3) is 3.24. The summed E-state index contributed by atoms with van der Waals surface area (Å²) in [7, 11) is 1.42. The molecule has 4 heteroatoms. The summed E-state index contributed by atoms with van der Waals surface area (Å²) < 4.78 is 9.67. The van der Waals surface area contributed by atoms with Gasteiger partial charge in [0.25, 0.3) is 0 Å². The molecule has 4 nitrogen and oxygen atoms in total. The molecule has 21 heavy (non-hydrogen) atoms. The Balaban J connectivity index is 0.000000163. The van der Waals surface area contributed by atoms with Crippen LogP contribution in [0.5, 0.6) is 0 Å². The lowest BCUT2D eigenvalue weighted by Gasteiger charge is -2.30. The van der Waals surface area contributed by atoms with E-state index in [2.05, 4.69) is 4.74 Å². The predicted octanol–water partition coefficient (Wildman–Crippen LogP) is 3.34. The van der Waals surface area contributed by atoms with Gasteiger partial charge in [0.05, 0.1) is 25.6 Å². The van der Waals surface area contributed by atoms with Crippen molar-refractivity contribution in [1.29, 1.82) is 0 Å². The second-order valence-electron chi connectivity index (χ2n) is 7.51. The molecule has 1 aliphatic heterocycles. The molecule has 0 radical (unpaired) electrons. The molecular formula is C17H28O4. The number of cyclic esters (lactones) is 1. The molecular weight excluding hydrogens is 268 g/mol. The second kappa shape index (κ2) is 5.98. The maximum Gasteiger partial charge on any atom is 0.311 e. The molecule has 0 N–H and O–H groups in total. The normalized spacial score (nSPS) is 33.6. The Bertz CT molecular complexity index is 415. The standard InChI is InChI=1S/C10H14O2.C7H14O2/c11-9-5-10(6-12-9)4-7-1-2-8(10)3-7;1-5-7(2,3)6(8)9-4/h7-8H,1-6H2;5H2,1-4H3. The number of carbonyl (C=O) groups is 2. The fraction of sp³-hybridized carbons (Fsp3) is 0.882. The van der Waals surface area contributed by atoms with Gasteiger partial charge in [0.1, 0.15) is 0 Å². The van der Waals surface area contributed by atoms with E-state index in [1.54, 1.807) is 0 Å². The lowest BCUT2D eigenvalue weighted by atomic mass is 9.73. The van der Waals surface area contributed by atoms with E-state index in [9.17, 15) is 9.59 Å². The van der Waals surface area contributed by atoms with Crippen molar-refractivity contribution in [3.8, 4) is 0 Å². The van der Waals surface area contributed by atoms with E-state index in [-0.39, 0.29) is 17.4 Å². The van der Waals surface area contributed by atoms with E-state index in [0.29, 0.717) is 11.8 Å². The maximum atomic E-state index is 11.1. The van der Waals surface area contributed by atoms with Gasteiger partial charge < -0.3 is 9.47 Å². The van der Waals surface area contributed by atoms with E-state index < -0.39 is 0 Å². The van der Waals surface area contributed by atoms with Crippen LogP contribution in [0, 0.1) is 22.7 Å². The van der Waals surface area contributed by atoms with Crippen LogP contribution >= 0.6 is 0 Å². The molecule has 2 bridgehead atoms. The number of rotatable bonds is 2. The molecule has 3 unspecified atom stereocenters. The van der Waals surface area contributed by atoms with Crippen molar-refractivity contribution in [3.05, 3.63) is 0 Å². The first kappa shape index (κ1) is 16.3. The summed E-state index contributed by atoms with van der Waals surface area (Å²) >= 11 is 0. The smallest absolute Gasteiger partial charge is 0.311 e. The van der Waals surface area contributed by atoms with Gasteiger partial charge in [-0.15, -0.1) is 0 Å². The number of carbonyl (C=O) groups excluding carboxylic acids is 2. The molecule has 0 aromatic carbocycles. The Labute approximate surface area is 127 Å². The van der Waals surface area contributed by atoms with Crippen LogP contribution in [0.3, 0.4) is 0 Å². The van der Waals surface area contributed by atoms with Crippen LogP contribution in [0.15, 0.2) is 0 Å². The lowest BCUT2D eigenvalue weighted by Crippen LogP contribution is -2.27. The number of ether oxygens (including phenoxy) is 2. The van der Waals surface area contributed by atoms with Gasteiger partial charge >= 0.3 is 11.9 Å². The highest BCUT2D eigenvalue weighted by Gasteiger charge is 2.55.